The van der Waals surface area contributed by atoms with E-state index in [9.17, 15) is 13.2 Å². The van der Waals surface area contributed by atoms with Crippen molar-refractivity contribution in [2.75, 3.05) is 18.1 Å². The molecule has 0 aliphatic carbocycles. The summed E-state index contributed by atoms with van der Waals surface area (Å²) < 4.78 is 22.3. The van der Waals surface area contributed by atoms with Gasteiger partial charge in [-0.05, 0) is 12.8 Å². The average molecular weight is 218 g/mol. The largest absolute Gasteiger partial charge is 0.336 e. The standard InChI is InChI=1S/C8H14N2O3S/c9-7-5-10(8(7)11)6-1-3-14(12,13)4-2-6/h6-7H,1-5,9H2. The molecule has 2 aliphatic heterocycles. The first-order valence-corrected chi connectivity index (χ1v) is 6.58. The number of sulfone groups is 1. The Kier molecular flexibility index (Phi) is 2.27. The molecule has 0 aromatic heterocycles. The van der Waals surface area contributed by atoms with Crippen molar-refractivity contribution in [2.24, 2.45) is 5.73 Å². The Balaban J connectivity index is 1.94. The van der Waals surface area contributed by atoms with Crippen LogP contribution in [0.3, 0.4) is 0 Å². The summed E-state index contributed by atoms with van der Waals surface area (Å²) in [6.07, 6.45) is 1.14. The zero-order valence-corrected chi connectivity index (χ0v) is 8.66. The van der Waals surface area contributed by atoms with E-state index in [1.807, 2.05) is 0 Å². The molecular formula is C8H14N2O3S. The van der Waals surface area contributed by atoms with Crippen molar-refractivity contribution in [3.05, 3.63) is 0 Å². The summed E-state index contributed by atoms with van der Waals surface area (Å²) in [5, 5.41) is 0. The summed E-state index contributed by atoms with van der Waals surface area (Å²) in [6, 6.07) is -0.251. The molecule has 2 saturated heterocycles. The maximum atomic E-state index is 11.3. The molecule has 0 aromatic rings. The lowest BCUT2D eigenvalue weighted by Crippen LogP contribution is -2.64. The Bertz CT molecular complexity index is 338. The van der Waals surface area contributed by atoms with Gasteiger partial charge in [-0.15, -0.1) is 0 Å². The van der Waals surface area contributed by atoms with Crippen molar-refractivity contribution in [1.29, 1.82) is 0 Å². The second-order valence-corrected chi connectivity index (χ2v) is 6.28. The molecule has 1 unspecified atom stereocenters. The van der Waals surface area contributed by atoms with Gasteiger partial charge in [0.15, 0.2) is 0 Å². The second-order valence-electron chi connectivity index (χ2n) is 3.98. The van der Waals surface area contributed by atoms with Crippen LogP contribution in [0.15, 0.2) is 0 Å². The molecule has 0 saturated carbocycles. The molecule has 0 aromatic carbocycles. The van der Waals surface area contributed by atoms with Crippen LogP contribution in [-0.2, 0) is 14.6 Å². The molecule has 2 N–H and O–H groups in total. The van der Waals surface area contributed by atoms with E-state index < -0.39 is 9.84 Å². The van der Waals surface area contributed by atoms with E-state index in [0.29, 0.717) is 19.4 Å². The molecule has 0 radical (unpaired) electrons. The highest BCUT2D eigenvalue weighted by Crippen LogP contribution is 2.22. The van der Waals surface area contributed by atoms with E-state index in [2.05, 4.69) is 0 Å². The predicted molar refractivity (Wildman–Crippen MR) is 51.4 cm³/mol. The number of amides is 1. The van der Waals surface area contributed by atoms with E-state index in [1.165, 1.54) is 0 Å². The zero-order valence-electron chi connectivity index (χ0n) is 7.85. The first-order valence-electron chi connectivity index (χ1n) is 4.76. The van der Waals surface area contributed by atoms with Gasteiger partial charge in [0.05, 0.1) is 11.5 Å². The fourth-order valence-corrected chi connectivity index (χ4v) is 3.47. The topological polar surface area (TPSA) is 80.5 Å². The van der Waals surface area contributed by atoms with E-state index >= 15 is 0 Å². The minimum atomic E-state index is -2.83. The smallest absolute Gasteiger partial charge is 0.241 e. The highest BCUT2D eigenvalue weighted by atomic mass is 32.2. The van der Waals surface area contributed by atoms with Crippen LogP contribution < -0.4 is 5.73 Å². The van der Waals surface area contributed by atoms with E-state index in [0.717, 1.165) is 0 Å². The Morgan fingerprint density at radius 3 is 2.29 bits per heavy atom. The van der Waals surface area contributed by atoms with Crippen LogP contribution in [0.5, 0.6) is 0 Å². The van der Waals surface area contributed by atoms with Crippen LogP contribution in [-0.4, -0.2) is 49.4 Å². The number of nitrogens with zero attached hydrogens (tertiary/aromatic N) is 1. The van der Waals surface area contributed by atoms with Gasteiger partial charge < -0.3 is 10.6 Å². The number of likely N-dealkylation sites (tertiary alicyclic amines) is 1. The molecule has 1 amide bonds. The van der Waals surface area contributed by atoms with Crippen molar-refractivity contribution in [1.82, 2.24) is 4.90 Å². The first kappa shape index (κ1) is 9.92. The molecule has 6 heteroatoms. The molecule has 1 atom stereocenters. The number of hydrogen-bond acceptors (Lipinski definition) is 4. The number of β-lactam (4-membered cyclic amide) rings is 1. The molecular weight excluding hydrogens is 204 g/mol. The Morgan fingerprint density at radius 1 is 1.29 bits per heavy atom. The highest BCUT2D eigenvalue weighted by molar-refractivity contribution is 7.91. The average Bonchev–Trinajstić information content (AvgIpc) is 2.15. The van der Waals surface area contributed by atoms with Crippen LogP contribution in [0, 0.1) is 0 Å². The van der Waals surface area contributed by atoms with Crippen LogP contribution in [0.4, 0.5) is 0 Å². The summed E-state index contributed by atoms with van der Waals surface area (Å²) >= 11 is 0. The number of carbonyl (C=O) groups is 1. The quantitative estimate of drug-likeness (QED) is 0.557. The van der Waals surface area contributed by atoms with Crippen LogP contribution in [0.25, 0.3) is 0 Å². The van der Waals surface area contributed by atoms with Gasteiger partial charge in [0.1, 0.15) is 15.9 Å². The number of nitrogens with two attached hydrogens (primary N) is 1. The molecule has 14 heavy (non-hydrogen) atoms. The summed E-state index contributed by atoms with van der Waals surface area (Å²) in [7, 11) is -2.83. The summed E-state index contributed by atoms with van der Waals surface area (Å²) in [5.74, 6) is 0.377. The minimum Gasteiger partial charge on any atom is -0.336 e. The van der Waals surface area contributed by atoms with E-state index in [4.69, 9.17) is 5.73 Å². The van der Waals surface area contributed by atoms with Gasteiger partial charge in [-0.1, -0.05) is 0 Å². The van der Waals surface area contributed by atoms with Crippen LogP contribution in [0.1, 0.15) is 12.8 Å². The minimum absolute atomic E-state index is 0.0331. The van der Waals surface area contributed by atoms with Crippen LogP contribution >= 0.6 is 0 Å². The van der Waals surface area contributed by atoms with E-state index in [-0.39, 0.29) is 29.5 Å². The third-order valence-electron chi connectivity index (χ3n) is 2.96. The number of rotatable bonds is 1. The van der Waals surface area contributed by atoms with Gasteiger partial charge in [0.25, 0.3) is 0 Å². The Labute approximate surface area is 83.2 Å². The fraction of sp³-hybridized carbons (Fsp3) is 0.875. The second kappa shape index (κ2) is 3.20. The molecule has 0 bridgehead atoms. The first-order chi connectivity index (χ1) is 6.49. The van der Waals surface area contributed by atoms with Crippen LogP contribution in [0.2, 0.25) is 0 Å². The molecule has 2 heterocycles. The van der Waals surface area contributed by atoms with Crippen molar-refractivity contribution in [3.8, 4) is 0 Å². The molecule has 2 fully saturated rings. The summed E-state index contributed by atoms with van der Waals surface area (Å²) in [4.78, 5) is 13.0. The maximum absolute atomic E-state index is 11.3. The van der Waals surface area contributed by atoms with Gasteiger partial charge in [-0.3, -0.25) is 4.79 Å². The molecule has 80 valence electrons. The van der Waals surface area contributed by atoms with Gasteiger partial charge in [0, 0.05) is 12.6 Å². The zero-order chi connectivity index (χ0) is 10.3. The van der Waals surface area contributed by atoms with Gasteiger partial charge in [-0.25, -0.2) is 8.42 Å². The van der Waals surface area contributed by atoms with Crippen molar-refractivity contribution in [2.45, 2.75) is 24.9 Å². The maximum Gasteiger partial charge on any atom is 0.241 e. The lowest BCUT2D eigenvalue weighted by molar-refractivity contribution is -0.145. The number of carbonyl (C=O) groups excluding carboxylic acids is 1. The van der Waals surface area contributed by atoms with E-state index in [1.54, 1.807) is 4.90 Å². The monoisotopic (exact) mass is 218 g/mol. The van der Waals surface area contributed by atoms with Crippen molar-refractivity contribution in [3.63, 3.8) is 0 Å². The lowest BCUT2D eigenvalue weighted by atomic mass is 10.0. The highest BCUT2D eigenvalue weighted by Gasteiger charge is 2.40. The fourth-order valence-electron chi connectivity index (χ4n) is 2.00. The Hall–Kier alpha value is -0.620. The lowest BCUT2D eigenvalue weighted by Gasteiger charge is -2.43. The molecule has 5 nitrogen and oxygen atoms in total. The third kappa shape index (κ3) is 1.64. The predicted octanol–water partition coefficient (Wildman–Crippen LogP) is -1.27. The van der Waals surface area contributed by atoms with Crippen molar-refractivity contribution < 1.29 is 13.2 Å². The van der Waals surface area contributed by atoms with Crippen molar-refractivity contribution >= 4 is 15.7 Å². The molecule has 0 spiro atoms. The van der Waals surface area contributed by atoms with Gasteiger partial charge in [-0.2, -0.15) is 0 Å². The Morgan fingerprint density at radius 2 is 1.86 bits per heavy atom. The third-order valence-corrected chi connectivity index (χ3v) is 4.67. The SMILES string of the molecule is NC1CN(C2CCS(=O)(=O)CC2)C1=O. The summed E-state index contributed by atoms with van der Waals surface area (Å²) in [6.45, 7) is 0.587. The molecule has 2 rings (SSSR count). The summed E-state index contributed by atoms with van der Waals surface area (Å²) in [5.41, 5.74) is 5.46. The normalized spacial score (nSPS) is 32.8. The molecule has 2 aliphatic rings. The van der Waals surface area contributed by atoms with Gasteiger partial charge >= 0.3 is 0 Å². The van der Waals surface area contributed by atoms with Gasteiger partial charge in [0.2, 0.25) is 5.91 Å². The number of hydrogen-bond donors (Lipinski definition) is 1.